The van der Waals surface area contributed by atoms with Crippen molar-refractivity contribution in [3.05, 3.63) is 85.6 Å². The van der Waals surface area contributed by atoms with Crippen molar-refractivity contribution in [2.75, 3.05) is 6.54 Å². The molecule has 1 N–H and O–H groups in total. The molecule has 4 rings (SSSR count). The zero-order valence-corrected chi connectivity index (χ0v) is 18.5. The number of carbonyl (C=O) groups is 2. The van der Waals surface area contributed by atoms with E-state index < -0.39 is 5.82 Å². The number of hydrogen-bond acceptors (Lipinski definition) is 4. The van der Waals surface area contributed by atoms with Gasteiger partial charge in [0.1, 0.15) is 5.82 Å². The smallest absolute Gasteiger partial charge is 0.261 e. The SMILES string of the molecule is Cc1ncc2c(c1CNC(=O)c1cccs1)CCN(C(=O)Cc1ccc(F)cc1Cl)C2. The molecule has 0 fully saturated rings. The van der Waals surface area contributed by atoms with Gasteiger partial charge in [-0.15, -0.1) is 11.3 Å². The quantitative estimate of drug-likeness (QED) is 0.621. The minimum atomic E-state index is -0.423. The van der Waals surface area contributed by atoms with Gasteiger partial charge in [0.2, 0.25) is 5.91 Å². The van der Waals surface area contributed by atoms with Crippen molar-refractivity contribution in [3.63, 3.8) is 0 Å². The number of nitrogens with zero attached hydrogens (tertiary/aromatic N) is 2. The maximum absolute atomic E-state index is 13.3. The average Bonchev–Trinajstić information content (AvgIpc) is 3.29. The molecule has 0 unspecified atom stereocenters. The third kappa shape index (κ3) is 4.78. The molecule has 0 bridgehead atoms. The molecule has 0 atom stereocenters. The Morgan fingerprint density at radius 3 is 2.90 bits per heavy atom. The Balaban J connectivity index is 1.46. The van der Waals surface area contributed by atoms with E-state index in [1.807, 2.05) is 18.4 Å². The molecule has 0 saturated carbocycles. The number of fused-ring (bicyclic) bond motifs is 1. The van der Waals surface area contributed by atoms with Crippen molar-refractivity contribution in [1.82, 2.24) is 15.2 Å². The third-order valence-electron chi connectivity index (χ3n) is 5.48. The first-order valence-corrected chi connectivity index (χ1v) is 11.2. The maximum Gasteiger partial charge on any atom is 0.261 e. The van der Waals surface area contributed by atoms with E-state index in [0.29, 0.717) is 36.5 Å². The average molecular weight is 458 g/mol. The molecular weight excluding hydrogens is 437 g/mol. The highest BCUT2D eigenvalue weighted by Crippen LogP contribution is 2.25. The Bertz CT molecular complexity index is 1130. The van der Waals surface area contributed by atoms with E-state index in [-0.39, 0.29) is 23.3 Å². The van der Waals surface area contributed by atoms with Gasteiger partial charge in [-0.3, -0.25) is 14.6 Å². The van der Waals surface area contributed by atoms with E-state index in [4.69, 9.17) is 11.6 Å². The molecule has 0 spiro atoms. The number of aromatic nitrogens is 1. The molecule has 2 aromatic heterocycles. The Morgan fingerprint density at radius 1 is 1.32 bits per heavy atom. The Kier molecular flexibility index (Phi) is 6.34. The summed E-state index contributed by atoms with van der Waals surface area (Å²) >= 11 is 7.48. The molecule has 1 aromatic carbocycles. The topological polar surface area (TPSA) is 62.3 Å². The van der Waals surface area contributed by atoms with E-state index in [1.165, 1.54) is 23.5 Å². The number of carbonyl (C=O) groups excluding carboxylic acids is 2. The van der Waals surface area contributed by atoms with E-state index in [9.17, 15) is 14.0 Å². The van der Waals surface area contributed by atoms with Gasteiger partial charge in [-0.05, 0) is 59.2 Å². The van der Waals surface area contributed by atoms with E-state index in [0.717, 1.165) is 22.4 Å². The number of amides is 2. The Hall–Kier alpha value is -2.77. The van der Waals surface area contributed by atoms with Gasteiger partial charge in [-0.1, -0.05) is 23.7 Å². The van der Waals surface area contributed by atoms with Gasteiger partial charge in [-0.25, -0.2) is 4.39 Å². The molecule has 8 heteroatoms. The molecule has 3 aromatic rings. The molecule has 1 aliphatic heterocycles. The van der Waals surface area contributed by atoms with Crippen LogP contribution in [0.2, 0.25) is 5.02 Å². The highest BCUT2D eigenvalue weighted by molar-refractivity contribution is 7.12. The molecule has 0 radical (unpaired) electrons. The van der Waals surface area contributed by atoms with Crippen molar-refractivity contribution in [1.29, 1.82) is 0 Å². The third-order valence-corrected chi connectivity index (χ3v) is 6.70. The fourth-order valence-electron chi connectivity index (χ4n) is 3.77. The van der Waals surface area contributed by atoms with Crippen LogP contribution >= 0.6 is 22.9 Å². The molecule has 160 valence electrons. The second kappa shape index (κ2) is 9.16. The summed E-state index contributed by atoms with van der Waals surface area (Å²) in [5, 5.41) is 5.10. The first-order chi connectivity index (χ1) is 14.9. The van der Waals surface area contributed by atoms with Crippen LogP contribution < -0.4 is 5.32 Å². The van der Waals surface area contributed by atoms with Crippen LogP contribution in [0.15, 0.2) is 41.9 Å². The fraction of sp³-hybridized carbons (Fsp3) is 0.261. The largest absolute Gasteiger partial charge is 0.347 e. The number of benzene rings is 1. The second-order valence-electron chi connectivity index (χ2n) is 7.46. The molecule has 2 amide bonds. The van der Waals surface area contributed by atoms with Crippen LogP contribution in [0.5, 0.6) is 0 Å². The van der Waals surface area contributed by atoms with Crippen molar-refractivity contribution >= 4 is 34.8 Å². The molecule has 0 saturated heterocycles. The maximum atomic E-state index is 13.3. The van der Waals surface area contributed by atoms with Crippen LogP contribution in [-0.2, 0) is 30.7 Å². The predicted molar refractivity (Wildman–Crippen MR) is 119 cm³/mol. The van der Waals surface area contributed by atoms with E-state index >= 15 is 0 Å². The standard InChI is InChI=1S/C23H21ClFN3O2S/c1-14-19(12-27-23(30)21-3-2-8-31-21)18-6-7-28(13-16(18)11-26-14)22(29)9-15-4-5-17(25)10-20(15)24/h2-5,8,10-11H,6-7,9,12-13H2,1H3,(H,27,30). The van der Waals surface area contributed by atoms with Crippen LogP contribution in [0.4, 0.5) is 4.39 Å². The van der Waals surface area contributed by atoms with Gasteiger partial charge in [0.25, 0.3) is 5.91 Å². The van der Waals surface area contributed by atoms with Crippen LogP contribution in [0.1, 0.15) is 37.6 Å². The van der Waals surface area contributed by atoms with Gasteiger partial charge in [-0.2, -0.15) is 0 Å². The minimum absolute atomic E-state index is 0.0627. The van der Waals surface area contributed by atoms with Crippen LogP contribution in [0.25, 0.3) is 0 Å². The monoisotopic (exact) mass is 457 g/mol. The van der Waals surface area contributed by atoms with Gasteiger partial charge >= 0.3 is 0 Å². The van der Waals surface area contributed by atoms with Gasteiger partial charge in [0.15, 0.2) is 0 Å². The number of thiophene rings is 1. The lowest BCUT2D eigenvalue weighted by molar-refractivity contribution is -0.131. The number of rotatable bonds is 5. The van der Waals surface area contributed by atoms with Crippen molar-refractivity contribution < 1.29 is 14.0 Å². The summed E-state index contributed by atoms with van der Waals surface area (Å²) in [5.74, 6) is -0.587. The summed E-state index contributed by atoms with van der Waals surface area (Å²) in [6, 6.07) is 7.72. The van der Waals surface area contributed by atoms with Crippen molar-refractivity contribution in [3.8, 4) is 0 Å². The zero-order valence-electron chi connectivity index (χ0n) is 17.0. The minimum Gasteiger partial charge on any atom is -0.347 e. The molecule has 3 heterocycles. The second-order valence-corrected chi connectivity index (χ2v) is 8.82. The fourth-order valence-corrected chi connectivity index (χ4v) is 4.65. The lowest BCUT2D eigenvalue weighted by Crippen LogP contribution is -2.38. The highest BCUT2D eigenvalue weighted by atomic mass is 35.5. The number of hydrogen-bond donors (Lipinski definition) is 1. The van der Waals surface area contributed by atoms with Gasteiger partial charge in [0, 0.05) is 36.5 Å². The van der Waals surface area contributed by atoms with E-state index in [2.05, 4.69) is 10.3 Å². The normalized spacial score (nSPS) is 13.1. The number of aryl methyl sites for hydroxylation is 1. The summed E-state index contributed by atoms with van der Waals surface area (Å²) in [6.45, 7) is 3.35. The highest BCUT2D eigenvalue weighted by Gasteiger charge is 2.24. The number of halogens is 2. The van der Waals surface area contributed by atoms with Crippen LogP contribution in [0, 0.1) is 12.7 Å². The predicted octanol–water partition coefficient (Wildman–Crippen LogP) is 4.30. The summed E-state index contributed by atoms with van der Waals surface area (Å²) < 4.78 is 13.3. The summed E-state index contributed by atoms with van der Waals surface area (Å²) in [5.41, 5.74) is 4.62. The van der Waals surface area contributed by atoms with Crippen molar-refractivity contribution in [2.24, 2.45) is 0 Å². The molecule has 1 aliphatic rings. The number of nitrogens with one attached hydrogen (secondary N) is 1. The first kappa shape index (κ1) is 21.5. The zero-order chi connectivity index (χ0) is 22.0. The van der Waals surface area contributed by atoms with Crippen molar-refractivity contribution in [2.45, 2.75) is 32.9 Å². The first-order valence-electron chi connectivity index (χ1n) is 9.92. The molecule has 31 heavy (non-hydrogen) atoms. The summed E-state index contributed by atoms with van der Waals surface area (Å²) in [6.07, 6.45) is 2.61. The Labute approximate surface area is 188 Å². The molecular formula is C23H21ClFN3O2S. The van der Waals surface area contributed by atoms with Crippen LogP contribution in [-0.4, -0.2) is 28.2 Å². The lowest BCUT2D eigenvalue weighted by Gasteiger charge is -2.30. The van der Waals surface area contributed by atoms with Gasteiger partial charge < -0.3 is 10.2 Å². The summed E-state index contributed by atoms with van der Waals surface area (Å²) in [4.78, 5) is 32.1. The number of pyridine rings is 1. The van der Waals surface area contributed by atoms with E-state index in [1.54, 1.807) is 23.2 Å². The van der Waals surface area contributed by atoms with Crippen LogP contribution in [0.3, 0.4) is 0 Å². The lowest BCUT2D eigenvalue weighted by atomic mass is 9.94. The Morgan fingerprint density at radius 2 is 2.16 bits per heavy atom. The molecule has 5 nitrogen and oxygen atoms in total. The molecule has 0 aliphatic carbocycles. The summed E-state index contributed by atoms with van der Waals surface area (Å²) in [7, 11) is 0. The van der Waals surface area contributed by atoms with Gasteiger partial charge in [0.05, 0.1) is 11.3 Å².